The number of carbonyl (C=O) groups excluding carboxylic acids is 2. The predicted octanol–water partition coefficient (Wildman–Crippen LogP) is 2.98. The summed E-state index contributed by atoms with van der Waals surface area (Å²) < 4.78 is 21.5. The summed E-state index contributed by atoms with van der Waals surface area (Å²) >= 11 is 0. The molecule has 0 aliphatic rings. The Kier molecular flexibility index (Phi) is 9.15. The molecule has 2 rings (SSSR count). The molecule has 0 bridgehead atoms. The SMILES string of the molecule is CCCOc1ccc(/C=N\NC(=O)C(=O)Nc2ccc(OC)c(OC)c2)cc1OCC. The summed E-state index contributed by atoms with van der Waals surface area (Å²) in [5, 5.41) is 6.30. The minimum atomic E-state index is -0.918. The Morgan fingerprint density at radius 1 is 0.903 bits per heavy atom. The second kappa shape index (κ2) is 12.1. The maximum Gasteiger partial charge on any atom is 0.329 e. The molecule has 2 aromatic carbocycles. The lowest BCUT2D eigenvalue weighted by molar-refractivity contribution is -0.136. The van der Waals surface area contributed by atoms with Gasteiger partial charge in [0.2, 0.25) is 0 Å². The zero-order chi connectivity index (χ0) is 22.6. The fraction of sp³-hybridized carbons (Fsp3) is 0.318. The highest BCUT2D eigenvalue weighted by atomic mass is 16.5. The number of hydrogen-bond acceptors (Lipinski definition) is 7. The number of rotatable bonds is 10. The molecule has 0 spiro atoms. The maximum absolute atomic E-state index is 12.1. The van der Waals surface area contributed by atoms with Crippen molar-refractivity contribution in [1.29, 1.82) is 0 Å². The van der Waals surface area contributed by atoms with Crippen LogP contribution in [-0.2, 0) is 9.59 Å². The first kappa shape index (κ1) is 23.5. The number of amides is 2. The van der Waals surface area contributed by atoms with Gasteiger partial charge in [-0.25, -0.2) is 5.43 Å². The number of hydrazone groups is 1. The molecule has 0 saturated carbocycles. The highest BCUT2D eigenvalue weighted by Gasteiger charge is 2.14. The van der Waals surface area contributed by atoms with E-state index in [1.807, 2.05) is 13.8 Å². The van der Waals surface area contributed by atoms with E-state index < -0.39 is 11.8 Å². The highest BCUT2D eigenvalue weighted by molar-refractivity contribution is 6.39. The molecule has 0 aliphatic heterocycles. The van der Waals surface area contributed by atoms with Crippen LogP contribution in [-0.4, -0.2) is 45.5 Å². The van der Waals surface area contributed by atoms with Gasteiger partial charge in [0.05, 0.1) is 33.6 Å². The van der Waals surface area contributed by atoms with Crippen LogP contribution in [0.25, 0.3) is 0 Å². The normalized spacial score (nSPS) is 10.5. The first-order valence-corrected chi connectivity index (χ1v) is 9.78. The van der Waals surface area contributed by atoms with Crippen LogP contribution >= 0.6 is 0 Å². The second-order valence-corrected chi connectivity index (χ2v) is 6.21. The molecule has 0 aromatic heterocycles. The zero-order valence-electron chi connectivity index (χ0n) is 18.1. The molecule has 2 aromatic rings. The van der Waals surface area contributed by atoms with Gasteiger partial charge in [-0.1, -0.05) is 6.92 Å². The molecule has 0 heterocycles. The Bertz CT molecular complexity index is 929. The van der Waals surface area contributed by atoms with Crippen LogP contribution in [0.3, 0.4) is 0 Å². The van der Waals surface area contributed by atoms with Crippen LogP contribution in [0.2, 0.25) is 0 Å². The minimum Gasteiger partial charge on any atom is -0.493 e. The lowest BCUT2D eigenvalue weighted by Gasteiger charge is -2.11. The minimum absolute atomic E-state index is 0.380. The quantitative estimate of drug-likeness (QED) is 0.342. The van der Waals surface area contributed by atoms with Gasteiger partial charge in [0.25, 0.3) is 0 Å². The molecule has 0 radical (unpaired) electrons. The van der Waals surface area contributed by atoms with Crippen molar-refractivity contribution in [2.24, 2.45) is 5.10 Å². The van der Waals surface area contributed by atoms with E-state index in [1.54, 1.807) is 36.4 Å². The molecule has 0 atom stereocenters. The van der Waals surface area contributed by atoms with E-state index in [4.69, 9.17) is 18.9 Å². The van der Waals surface area contributed by atoms with Gasteiger partial charge < -0.3 is 24.3 Å². The van der Waals surface area contributed by atoms with Gasteiger partial charge in [-0.2, -0.15) is 5.10 Å². The lowest BCUT2D eigenvalue weighted by Crippen LogP contribution is -2.32. The Balaban J connectivity index is 1.98. The van der Waals surface area contributed by atoms with Gasteiger partial charge in [0.15, 0.2) is 23.0 Å². The first-order chi connectivity index (χ1) is 15.0. The van der Waals surface area contributed by atoms with Gasteiger partial charge in [-0.05, 0) is 49.2 Å². The molecule has 0 fully saturated rings. The van der Waals surface area contributed by atoms with E-state index in [1.165, 1.54) is 20.4 Å². The Morgan fingerprint density at radius 2 is 1.65 bits per heavy atom. The average Bonchev–Trinajstić information content (AvgIpc) is 2.78. The molecule has 2 N–H and O–H groups in total. The van der Waals surface area contributed by atoms with Crippen LogP contribution in [0.15, 0.2) is 41.5 Å². The second-order valence-electron chi connectivity index (χ2n) is 6.21. The molecule has 9 heteroatoms. The van der Waals surface area contributed by atoms with Crippen molar-refractivity contribution in [1.82, 2.24) is 5.43 Å². The summed E-state index contributed by atoms with van der Waals surface area (Å²) in [6, 6.07) is 10.0. The molecule has 0 saturated heterocycles. The number of anilines is 1. The maximum atomic E-state index is 12.1. The van der Waals surface area contributed by atoms with Gasteiger partial charge >= 0.3 is 11.8 Å². The summed E-state index contributed by atoms with van der Waals surface area (Å²) in [6.07, 6.45) is 2.29. The van der Waals surface area contributed by atoms with Crippen molar-refractivity contribution in [2.75, 3.05) is 32.8 Å². The van der Waals surface area contributed by atoms with Crippen molar-refractivity contribution in [3.63, 3.8) is 0 Å². The van der Waals surface area contributed by atoms with Crippen molar-refractivity contribution in [3.8, 4) is 23.0 Å². The molecule has 9 nitrogen and oxygen atoms in total. The number of nitrogens with one attached hydrogen (secondary N) is 2. The van der Waals surface area contributed by atoms with Crippen LogP contribution in [0.5, 0.6) is 23.0 Å². The molecule has 31 heavy (non-hydrogen) atoms. The van der Waals surface area contributed by atoms with E-state index in [9.17, 15) is 9.59 Å². The predicted molar refractivity (Wildman–Crippen MR) is 117 cm³/mol. The largest absolute Gasteiger partial charge is 0.493 e. The van der Waals surface area contributed by atoms with Crippen LogP contribution in [0, 0.1) is 0 Å². The number of methoxy groups -OCH3 is 2. The van der Waals surface area contributed by atoms with Crippen molar-refractivity contribution >= 4 is 23.7 Å². The summed E-state index contributed by atoms with van der Waals surface area (Å²) in [6.45, 7) is 4.96. The molecule has 2 amide bonds. The van der Waals surface area contributed by atoms with Crippen LogP contribution in [0.1, 0.15) is 25.8 Å². The smallest absolute Gasteiger partial charge is 0.329 e. The van der Waals surface area contributed by atoms with Gasteiger partial charge in [-0.3, -0.25) is 9.59 Å². The van der Waals surface area contributed by atoms with E-state index in [-0.39, 0.29) is 0 Å². The van der Waals surface area contributed by atoms with E-state index in [0.29, 0.717) is 47.5 Å². The Morgan fingerprint density at radius 3 is 2.32 bits per heavy atom. The third kappa shape index (κ3) is 6.91. The van der Waals surface area contributed by atoms with Gasteiger partial charge in [0.1, 0.15) is 0 Å². The number of ether oxygens (including phenoxy) is 4. The third-order valence-corrected chi connectivity index (χ3v) is 3.96. The summed E-state index contributed by atoms with van der Waals surface area (Å²) in [7, 11) is 2.98. The summed E-state index contributed by atoms with van der Waals surface area (Å²) in [5.74, 6) is 0.362. The molecular formula is C22H27N3O6. The van der Waals surface area contributed by atoms with Crippen molar-refractivity contribution in [2.45, 2.75) is 20.3 Å². The summed E-state index contributed by atoms with van der Waals surface area (Å²) in [5.41, 5.74) is 3.25. The third-order valence-electron chi connectivity index (χ3n) is 3.96. The van der Waals surface area contributed by atoms with Crippen molar-refractivity contribution < 1.29 is 28.5 Å². The number of hydrogen-bond donors (Lipinski definition) is 2. The summed E-state index contributed by atoms with van der Waals surface area (Å²) in [4.78, 5) is 24.1. The molecular weight excluding hydrogens is 402 g/mol. The van der Waals surface area contributed by atoms with E-state index >= 15 is 0 Å². The standard InChI is InChI=1S/C22H27N3O6/c1-5-11-31-18-9-7-15(12-20(18)30-6-2)14-23-25-22(27)21(26)24-16-8-10-17(28-3)19(13-16)29-4/h7-10,12-14H,5-6,11H2,1-4H3,(H,24,26)(H,25,27)/b23-14-. The average molecular weight is 429 g/mol. The fourth-order valence-corrected chi connectivity index (χ4v) is 2.52. The Hall–Kier alpha value is -3.75. The highest BCUT2D eigenvalue weighted by Crippen LogP contribution is 2.30. The van der Waals surface area contributed by atoms with E-state index in [0.717, 1.165) is 6.42 Å². The number of nitrogens with zero attached hydrogens (tertiary/aromatic N) is 1. The van der Waals surface area contributed by atoms with Gasteiger partial charge in [-0.15, -0.1) is 0 Å². The lowest BCUT2D eigenvalue weighted by atomic mass is 10.2. The monoisotopic (exact) mass is 429 g/mol. The fourth-order valence-electron chi connectivity index (χ4n) is 2.52. The topological polar surface area (TPSA) is 107 Å². The number of benzene rings is 2. The van der Waals surface area contributed by atoms with Crippen molar-refractivity contribution in [3.05, 3.63) is 42.0 Å². The molecule has 0 unspecified atom stereocenters. The number of carbonyl (C=O) groups is 2. The Labute approximate surface area is 181 Å². The first-order valence-electron chi connectivity index (χ1n) is 9.78. The van der Waals surface area contributed by atoms with Crippen LogP contribution < -0.4 is 29.7 Å². The van der Waals surface area contributed by atoms with Gasteiger partial charge in [0, 0.05) is 11.8 Å². The zero-order valence-corrected chi connectivity index (χ0v) is 18.1. The molecule has 0 aliphatic carbocycles. The van der Waals surface area contributed by atoms with Crippen LogP contribution in [0.4, 0.5) is 5.69 Å². The van der Waals surface area contributed by atoms with E-state index in [2.05, 4.69) is 15.8 Å². The molecule has 166 valence electrons.